The average Bonchev–Trinajstić information content (AvgIpc) is 3.27. The van der Waals surface area contributed by atoms with Crippen LogP contribution in [-0.4, -0.2) is 30.6 Å². The van der Waals surface area contributed by atoms with Gasteiger partial charge in [0.25, 0.3) is 11.5 Å². The van der Waals surface area contributed by atoms with Gasteiger partial charge in [0.2, 0.25) is 0 Å². The van der Waals surface area contributed by atoms with E-state index in [0.29, 0.717) is 22.3 Å². The number of halogens is 1. The van der Waals surface area contributed by atoms with Gasteiger partial charge >= 0.3 is 0 Å². The zero-order valence-corrected chi connectivity index (χ0v) is 17.8. The fourth-order valence-electron chi connectivity index (χ4n) is 3.40. The van der Waals surface area contributed by atoms with Crippen molar-refractivity contribution < 1.29 is 13.9 Å². The number of nitrogens with one attached hydrogen (secondary N) is 2. The van der Waals surface area contributed by atoms with Crippen LogP contribution in [0.5, 0.6) is 11.5 Å². The van der Waals surface area contributed by atoms with E-state index in [4.69, 9.17) is 4.74 Å². The highest BCUT2D eigenvalue weighted by atomic mass is 19.1. The number of carbonyl (C=O) groups is 1. The molecule has 0 aliphatic carbocycles. The number of carbonyl (C=O) groups excluding carboxylic acids is 1. The molecule has 0 radical (unpaired) electrons. The number of rotatable bonds is 5. The molecule has 168 valence electrons. The van der Waals surface area contributed by atoms with Crippen LogP contribution >= 0.6 is 0 Å². The van der Waals surface area contributed by atoms with E-state index in [-0.39, 0.29) is 17.0 Å². The maximum atomic E-state index is 14.8. The SMILES string of the molecule is Cn1cc(-c2cc3nccc(Oc4ccc(NC(=O)c5ccc[nH]c5=O)cc4F)c3cn2)cn1. The Labute approximate surface area is 191 Å². The molecule has 2 N–H and O–H groups in total. The van der Waals surface area contributed by atoms with Gasteiger partial charge < -0.3 is 15.0 Å². The molecular formula is C24H17FN6O3. The van der Waals surface area contributed by atoms with Gasteiger partial charge in [-0.1, -0.05) is 0 Å². The van der Waals surface area contributed by atoms with E-state index in [9.17, 15) is 14.0 Å². The third-order valence-electron chi connectivity index (χ3n) is 5.06. The molecule has 0 saturated carbocycles. The highest BCUT2D eigenvalue weighted by Crippen LogP contribution is 2.32. The number of pyridine rings is 3. The summed E-state index contributed by atoms with van der Waals surface area (Å²) in [5, 5.41) is 7.26. The number of aromatic amines is 1. The Morgan fingerprint density at radius 1 is 1.12 bits per heavy atom. The normalized spacial score (nSPS) is 10.9. The van der Waals surface area contributed by atoms with E-state index >= 15 is 0 Å². The topological polar surface area (TPSA) is 115 Å². The lowest BCUT2D eigenvalue weighted by Gasteiger charge is -2.11. The van der Waals surface area contributed by atoms with Crippen LogP contribution in [0, 0.1) is 5.82 Å². The molecule has 1 amide bonds. The number of aryl methyl sites for hydroxylation is 1. The number of hydrogen-bond donors (Lipinski definition) is 2. The number of aromatic nitrogens is 5. The predicted molar refractivity (Wildman–Crippen MR) is 123 cm³/mol. The molecule has 0 fully saturated rings. The molecule has 0 saturated heterocycles. The molecule has 0 spiro atoms. The second kappa shape index (κ2) is 8.58. The molecule has 0 bridgehead atoms. The lowest BCUT2D eigenvalue weighted by molar-refractivity contribution is 0.102. The molecule has 4 aromatic heterocycles. The fraction of sp³-hybridized carbons (Fsp3) is 0.0417. The summed E-state index contributed by atoms with van der Waals surface area (Å²) >= 11 is 0. The van der Waals surface area contributed by atoms with Gasteiger partial charge in [0.1, 0.15) is 11.3 Å². The van der Waals surface area contributed by atoms with Crippen LogP contribution in [0.4, 0.5) is 10.1 Å². The maximum Gasteiger partial charge on any atom is 0.261 e. The second-order valence-electron chi connectivity index (χ2n) is 7.41. The zero-order valence-electron chi connectivity index (χ0n) is 17.8. The van der Waals surface area contributed by atoms with E-state index in [2.05, 4.69) is 25.4 Å². The summed E-state index contributed by atoms with van der Waals surface area (Å²) in [5.74, 6) is -1.00. The molecule has 9 nitrogen and oxygen atoms in total. The Morgan fingerprint density at radius 2 is 2.00 bits per heavy atom. The average molecular weight is 456 g/mol. The molecule has 5 aromatic rings. The summed E-state index contributed by atoms with van der Waals surface area (Å²) in [6, 6.07) is 10.3. The Balaban J connectivity index is 1.39. The van der Waals surface area contributed by atoms with Crippen LogP contribution in [0.15, 0.2) is 78.2 Å². The fourth-order valence-corrected chi connectivity index (χ4v) is 3.40. The van der Waals surface area contributed by atoms with Gasteiger partial charge in [-0.05, 0) is 36.4 Å². The summed E-state index contributed by atoms with van der Waals surface area (Å²) in [4.78, 5) is 35.3. The van der Waals surface area contributed by atoms with Gasteiger partial charge in [0.05, 0.1) is 22.8 Å². The highest BCUT2D eigenvalue weighted by Gasteiger charge is 2.14. The van der Waals surface area contributed by atoms with Crippen molar-refractivity contribution in [1.82, 2.24) is 24.7 Å². The van der Waals surface area contributed by atoms with Crippen molar-refractivity contribution in [1.29, 1.82) is 0 Å². The molecule has 0 unspecified atom stereocenters. The van der Waals surface area contributed by atoms with Crippen LogP contribution in [0.2, 0.25) is 0 Å². The van der Waals surface area contributed by atoms with Crippen LogP contribution in [0.3, 0.4) is 0 Å². The molecule has 5 rings (SSSR count). The molecular weight excluding hydrogens is 439 g/mol. The first-order valence-corrected chi connectivity index (χ1v) is 10.2. The lowest BCUT2D eigenvalue weighted by Crippen LogP contribution is -2.22. The van der Waals surface area contributed by atoms with E-state index < -0.39 is 17.3 Å². The minimum absolute atomic E-state index is 0.0422. The molecule has 0 aliphatic rings. The van der Waals surface area contributed by atoms with E-state index in [0.717, 1.165) is 11.6 Å². The monoisotopic (exact) mass is 456 g/mol. The Kier molecular flexibility index (Phi) is 5.30. The summed E-state index contributed by atoms with van der Waals surface area (Å²) in [7, 11) is 1.82. The summed E-state index contributed by atoms with van der Waals surface area (Å²) in [6.07, 6.45) is 8.15. The quantitative estimate of drug-likeness (QED) is 0.415. The summed E-state index contributed by atoms with van der Waals surface area (Å²) in [6.45, 7) is 0. The number of ether oxygens (including phenoxy) is 1. The van der Waals surface area contributed by atoms with Crippen molar-refractivity contribution in [3.8, 4) is 22.8 Å². The third kappa shape index (κ3) is 4.11. The first-order chi connectivity index (χ1) is 16.5. The van der Waals surface area contributed by atoms with E-state index in [1.165, 1.54) is 30.5 Å². The summed E-state index contributed by atoms with van der Waals surface area (Å²) in [5.41, 5.74) is 1.74. The molecule has 0 aliphatic heterocycles. The van der Waals surface area contributed by atoms with Crippen LogP contribution in [-0.2, 0) is 7.05 Å². The number of benzene rings is 1. The molecule has 1 aromatic carbocycles. The number of amides is 1. The smallest absolute Gasteiger partial charge is 0.261 e. The van der Waals surface area contributed by atoms with Crippen molar-refractivity contribution in [2.75, 3.05) is 5.32 Å². The predicted octanol–water partition coefficient (Wildman–Crippen LogP) is 3.90. The number of anilines is 1. The minimum Gasteiger partial charge on any atom is -0.453 e. The maximum absolute atomic E-state index is 14.8. The van der Waals surface area contributed by atoms with Gasteiger partial charge in [-0.15, -0.1) is 0 Å². The number of nitrogens with zero attached hydrogens (tertiary/aromatic N) is 4. The number of hydrogen-bond acceptors (Lipinski definition) is 6. The van der Waals surface area contributed by atoms with Gasteiger partial charge in [-0.3, -0.25) is 24.2 Å². The van der Waals surface area contributed by atoms with Crippen LogP contribution in [0.1, 0.15) is 10.4 Å². The first-order valence-electron chi connectivity index (χ1n) is 10.2. The summed E-state index contributed by atoms with van der Waals surface area (Å²) < 4.78 is 22.2. The van der Waals surface area contributed by atoms with Crippen molar-refractivity contribution in [2.24, 2.45) is 7.05 Å². The highest BCUT2D eigenvalue weighted by molar-refractivity contribution is 6.04. The zero-order chi connectivity index (χ0) is 23.7. The van der Waals surface area contributed by atoms with Gasteiger partial charge in [-0.2, -0.15) is 5.10 Å². The Hall–Kier alpha value is -4.86. The van der Waals surface area contributed by atoms with Crippen LogP contribution in [0.25, 0.3) is 22.2 Å². The standard InChI is InChI=1S/C24H17FN6O3/c1-31-13-14(11-29-31)19-10-20-17(12-28-19)21(6-8-26-20)34-22-5-4-15(9-18(22)25)30-24(33)16-3-2-7-27-23(16)32/h2-13H,1H3,(H,27,32)(H,30,33). The largest absolute Gasteiger partial charge is 0.453 e. The van der Waals surface area contributed by atoms with Crippen molar-refractivity contribution in [2.45, 2.75) is 0 Å². The third-order valence-corrected chi connectivity index (χ3v) is 5.06. The first kappa shape index (κ1) is 21.0. The molecule has 34 heavy (non-hydrogen) atoms. The number of H-pyrrole nitrogens is 1. The van der Waals surface area contributed by atoms with Gasteiger partial charge in [0, 0.05) is 49.2 Å². The lowest BCUT2D eigenvalue weighted by atomic mass is 10.2. The van der Waals surface area contributed by atoms with Crippen molar-refractivity contribution in [3.63, 3.8) is 0 Å². The number of fused-ring (bicyclic) bond motifs is 1. The van der Waals surface area contributed by atoms with Crippen molar-refractivity contribution >= 4 is 22.5 Å². The Bertz CT molecular complexity index is 1590. The van der Waals surface area contributed by atoms with Crippen LogP contribution < -0.4 is 15.6 Å². The minimum atomic E-state index is -0.690. The van der Waals surface area contributed by atoms with Gasteiger partial charge in [0.15, 0.2) is 11.6 Å². The molecule has 0 atom stereocenters. The van der Waals surface area contributed by atoms with Crippen molar-refractivity contribution in [3.05, 3.63) is 95.2 Å². The van der Waals surface area contributed by atoms with E-state index in [1.807, 2.05) is 13.2 Å². The second-order valence-corrected chi connectivity index (χ2v) is 7.41. The molecule has 4 heterocycles. The van der Waals surface area contributed by atoms with Gasteiger partial charge in [-0.25, -0.2) is 4.39 Å². The molecule has 10 heteroatoms. The van der Waals surface area contributed by atoms with E-state index in [1.54, 1.807) is 35.4 Å². The Morgan fingerprint density at radius 3 is 2.76 bits per heavy atom.